The van der Waals surface area contributed by atoms with Crippen LogP contribution in [0.4, 0.5) is 0 Å². The van der Waals surface area contributed by atoms with Gasteiger partial charge in [-0.05, 0) is 37.1 Å². The number of aryl methyl sites for hydroxylation is 1. The number of nitrogens with zero attached hydrogens (tertiary/aromatic N) is 3. The second-order valence-electron chi connectivity index (χ2n) is 9.27. The van der Waals surface area contributed by atoms with Crippen molar-refractivity contribution in [3.05, 3.63) is 107 Å². The monoisotopic (exact) mass is 466 g/mol. The number of aromatic amines is 1. The molecule has 1 aliphatic rings. The molecule has 5 nitrogen and oxygen atoms in total. The van der Waals surface area contributed by atoms with Crippen LogP contribution in [0.15, 0.2) is 84.9 Å². The second kappa shape index (κ2) is 10.5. The molecule has 1 aromatic heterocycles. The lowest BCUT2D eigenvalue weighted by Gasteiger charge is -2.41. The summed E-state index contributed by atoms with van der Waals surface area (Å²) < 4.78 is 5.56. The van der Waals surface area contributed by atoms with Gasteiger partial charge < -0.3 is 9.72 Å². The number of nitrogens with one attached hydrogen (secondary N) is 1. The Bertz CT molecular complexity index is 1190. The smallest absolute Gasteiger partial charge is 0.141 e. The Balaban J connectivity index is 1.33. The van der Waals surface area contributed by atoms with E-state index in [1.807, 2.05) is 18.2 Å². The Labute approximate surface area is 208 Å². The first-order valence-electron chi connectivity index (χ1n) is 12.4. The predicted molar refractivity (Wildman–Crippen MR) is 142 cm³/mol. The first-order valence-corrected chi connectivity index (χ1v) is 12.4. The van der Waals surface area contributed by atoms with E-state index in [4.69, 9.17) is 9.72 Å². The summed E-state index contributed by atoms with van der Waals surface area (Å²) in [5.74, 6) is 1.70. The molecule has 2 heterocycles. The van der Waals surface area contributed by atoms with Crippen molar-refractivity contribution in [2.24, 2.45) is 0 Å². The fraction of sp³-hybridized carbons (Fsp3) is 0.300. The summed E-state index contributed by atoms with van der Waals surface area (Å²) in [5.41, 5.74) is 5.93. The Hall–Kier alpha value is -3.41. The van der Waals surface area contributed by atoms with Gasteiger partial charge >= 0.3 is 0 Å². The van der Waals surface area contributed by atoms with Crippen molar-refractivity contribution in [3.63, 3.8) is 0 Å². The van der Waals surface area contributed by atoms with Crippen LogP contribution in [0.1, 0.15) is 41.5 Å². The summed E-state index contributed by atoms with van der Waals surface area (Å²) in [6.07, 6.45) is 0. The molecule has 1 aliphatic heterocycles. The summed E-state index contributed by atoms with van der Waals surface area (Å²) >= 11 is 0. The number of methoxy groups -OCH3 is 1. The molecular formula is C30H34N4O. The molecule has 0 spiro atoms. The highest BCUT2D eigenvalue weighted by Crippen LogP contribution is 2.33. The van der Waals surface area contributed by atoms with Crippen LogP contribution in [0.5, 0.6) is 5.75 Å². The predicted octanol–water partition coefficient (Wildman–Crippen LogP) is 5.86. The molecule has 1 saturated heterocycles. The third kappa shape index (κ3) is 4.88. The SMILES string of the molecule is COc1ccccc1-c1nc(C(C)N2CCN(C(c3ccccc3)c3ccccc3)CC2)c(C)[nH]1. The number of ether oxygens (including phenoxy) is 1. The molecule has 3 aromatic carbocycles. The summed E-state index contributed by atoms with van der Waals surface area (Å²) in [4.78, 5) is 13.7. The molecule has 0 radical (unpaired) electrons. The first-order chi connectivity index (χ1) is 17.2. The summed E-state index contributed by atoms with van der Waals surface area (Å²) in [5, 5.41) is 0. The van der Waals surface area contributed by atoms with E-state index in [1.54, 1.807) is 7.11 Å². The van der Waals surface area contributed by atoms with Crippen molar-refractivity contribution in [2.75, 3.05) is 33.3 Å². The van der Waals surface area contributed by atoms with E-state index in [2.05, 4.69) is 95.4 Å². The summed E-state index contributed by atoms with van der Waals surface area (Å²) in [6, 6.07) is 30.3. The van der Waals surface area contributed by atoms with E-state index in [-0.39, 0.29) is 12.1 Å². The lowest BCUT2D eigenvalue weighted by atomic mass is 9.96. The molecule has 5 rings (SSSR count). The van der Waals surface area contributed by atoms with Crippen molar-refractivity contribution in [1.29, 1.82) is 0 Å². The number of piperazine rings is 1. The number of hydrogen-bond donors (Lipinski definition) is 1. The first kappa shape index (κ1) is 23.3. The van der Waals surface area contributed by atoms with Gasteiger partial charge in [-0.1, -0.05) is 72.8 Å². The Morgan fingerprint density at radius 2 is 1.31 bits per heavy atom. The standard InChI is InChI=1S/C30H34N4O/c1-22-28(32-30(31-22)26-16-10-11-17-27(26)35-3)23(2)33-18-20-34(21-19-33)29(24-12-6-4-7-13-24)25-14-8-5-9-15-25/h4-17,23,29H,18-21H2,1-3H3,(H,31,32). The number of H-pyrrole nitrogens is 1. The van der Waals surface area contributed by atoms with Gasteiger partial charge in [0.05, 0.1) is 30.5 Å². The quantitative estimate of drug-likeness (QED) is 0.370. The molecule has 180 valence electrons. The number of imidazole rings is 1. The number of para-hydroxylation sites is 1. The van der Waals surface area contributed by atoms with Gasteiger partial charge in [-0.3, -0.25) is 9.80 Å². The molecule has 4 aromatic rings. The number of rotatable bonds is 7. The van der Waals surface area contributed by atoms with E-state index in [9.17, 15) is 0 Å². The lowest BCUT2D eigenvalue weighted by Crippen LogP contribution is -2.48. The lowest BCUT2D eigenvalue weighted by molar-refractivity contribution is 0.0826. The van der Waals surface area contributed by atoms with Crippen LogP contribution in [-0.2, 0) is 0 Å². The number of benzene rings is 3. The molecular weight excluding hydrogens is 432 g/mol. The topological polar surface area (TPSA) is 44.4 Å². The Kier molecular flexibility index (Phi) is 6.98. The molecule has 1 N–H and O–H groups in total. The van der Waals surface area contributed by atoms with Crippen molar-refractivity contribution >= 4 is 0 Å². The van der Waals surface area contributed by atoms with Crippen molar-refractivity contribution in [1.82, 2.24) is 19.8 Å². The zero-order chi connectivity index (χ0) is 24.2. The normalized spacial score (nSPS) is 15.9. The maximum Gasteiger partial charge on any atom is 0.141 e. The van der Waals surface area contributed by atoms with E-state index in [1.165, 1.54) is 11.1 Å². The largest absolute Gasteiger partial charge is 0.496 e. The van der Waals surface area contributed by atoms with Crippen LogP contribution in [-0.4, -0.2) is 53.1 Å². The molecule has 1 fully saturated rings. The maximum absolute atomic E-state index is 5.56. The highest BCUT2D eigenvalue weighted by Gasteiger charge is 2.30. The second-order valence-corrected chi connectivity index (χ2v) is 9.27. The van der Waals surface area contributed by atoms with Gasteiger partial charge in [0.2, 0.25) is 0 Å². The molecule has 0 aliphatic carbocycles. The van der Waals surface area contributed by atoms with Crippen LogP contribution in [0.3, 0.4) is 0 Å². The maximum atomic E-state index is 5.56. The van der Waals surface area contributed by atoms with Gasteiger partial charge in [0.15, 0.2) is 0 Å². The Morgan fingerprint density at radius 3 is 1.91 bits per heavy atom. The van der Waals surface area contributed by atoms with Crippen LogP contribution < -0.4 is 4.74 Å². The fourth-order valence-electron chi connectivity index (χ4n) is 5.29. The summed E-state index contributed by atoms with van der Waals surface area (Å²) in [7, 11) is 1.70. The average Bonchev–Trinajstić information content (AvgIpc) is 3.31. The zero-order valence-electron chi connectivity index (χ0n) is 20.8. The Morgan fingerprint density at radius 1 is 0.771 bits per heavy atom. The van der Waals surface area contributed by atoms with Crippen molar-refractivity contribution in [3.8, 4) is 17.1 Å². The van der Waals surface area contributed by atoms with E-state index in [0.29, 0.717) is 0 Å². The molecule has 1 atom stereocenters. The molecule has 0 saturated carbocycles. The highest BCUT2D eigenvalue weighted by atomic mass is 16.5. The highest BCUT2D eigenvalue weighted by molar-refractivity contribution is 5.64. The third-order valence-corrected chi connectivity index (χ3v) is 7.17. The van der Waals surface area contributed by atoms with Crippen molar-refractivity contribution < 1.29 is 4.74 Å². The van der Waals surface area contributed by atoms with Gasteiger partial charge in [-0.25, -0.2) is 4.98 Å². The molecule has 5 heteroatoms. The molecule has 35 heavy (non-hydrogen) atoms. The van der Waals surface area contributed by atoms with Gasteiger partial charge in [0.25, 0.3) is 0 Å². The van der Waals surface area contributed by atoms with E-state index >= 15 is 0 Å². The van der Waals surface area contributed by atoms with Crippen LogP contribution in [0, 0.1) is 6.92 Å². The number of aromatic nitrogens is 2. The third-order valence-electron chi connectivity index (χ3n) is 7.17. The van der Waals surface area contributed by atoms with E-state index < -0.39 is 0 Å². The van der Waals surface area contributed by atoms with Gasteiger partial charge in [-0.2, -0.15) is 0 Å². The van der Waals surface area contributed by atoms with Gasteiger partial charge in [0.1, 0.15) is 11.6 Å². The van der Waals surface area contributed by atoms with E-state index in [0.717, 1.165) is 54.7 Å². The number of hydrogen-bond acceptors (Lipinski definition) is 4. The minimum atomic E-state index is 0.240. The van der Waals surface area contributed by atoms with Crippen LogP contribution in [0.25, 0.3) is 11.4 Å². The average molecular weight is 467 g/mol. The minimum Gasteiger partial charge on any atom is -0.496 e. The van der Waals surface area contributed by atoms with Gasteiger partial charge in [0, 0.05) is 31.9 Å². The summed E-state index contributed by atoms with van der Waals surface area (Å²) in [6.45, 7) is 8.44. The zero-order valence-corrected chi connectivity index (χ0v) is 20.8. The van der Waals surface area contributed by atoms with Gasteiger partial charge in [-0.15, -0.1) is 0 Å². The van der Waals surface area contributed by atoms with Crippen LogP contribution in [0.2, 0.25) is 0 Å². The fourth-order valence-corrected chi connectivity index (χ4v) is 5.29. The molecule has 0 bridgehead atoms. The molecule has 0 amide bonds. The molecule has 1 unspecified atom stereocenters. The van der Waals surface area contributed by atoms with Crippen LogP contribution >= 0.6 is 0 Å². The minimum absolute atomic E-state index is 0.240. The van der Waals surface area contributed by atoms with Crippen molar-refractivity contribution in [2.45, 2.75) is 25.9 Å².